The van der Waals surface area contributed by atoms with E-state index in [1.807, 2.05) is 18.2 Å². The van der Waals surface area contributed by atoms with Crippen molar-refractivity contribution in [3.63, 3.8) is 0 Å². The van der Waals surface area contributed by atoms with E-state index in [4.69, 9.17) is 5.11 Å². The number of carboxylic acid groups (broad SMARTS) is 1. The van der Waals surface area contributed by atoms with Crippen molar-refractivity contribution in [3.05, 3.63) is 29.2 Å². The fourth-order valence-electron chi connectivity index (χ4n) is 2.10. The van der Waals surface area contributed by atoms with Crippen molar-refractivity contribution in [2.45, 2.75) is 24.2 Å². The Hall–Kier alpha value is -1.95. The first kappa shape index (κ1) is 12.1. The van der Waals surface area contributed by atoms with Gasteiger partial charge in [-0.25, -0.2) is 9.78 Å². The number of nitrogens with one attached hydrogen (secondary N) is 2. The molecule has 2 aromatic rings. The van der Waals surface area contributed by atoms with Gasteiger partial charge in [0, 0.05) is 4.90 Å². The van der Waals surface area contributed by atoms with E-state index in [-0.39, 0.29) is 5.95 Å². The Kier molecular flexibility index (Phi) is 3.16. The number of fused-ring (bicyclic) bond motifs is 1. The molecule has 98 valence electrons. The van der Waals surface area contributed by atoms with Crippen LogP contribution in [0.3, 0.4) is 0 Å². The Morgan fingerprint density at radius 1 is 1.47 bits per heavy atom. The van der Waals surface area contributed by atoms with Crippen LogP contribution >= 0.6 is 11.8 Å². The molecule has 1 heterocycles. The van der Waals surface area contributed by atoms with Gasteiger partial charge in [0.1, 0.15) is 0 Å². The number of allylic oxidation sites excluding steroid dienone is 2. The second kappa shape index (κ2) is 4.97. The zero-order chi connectivity index (χ0) is 13.2. The number of aromatic amines is 1. The van der Waals surface area contributed by atoms with E-state index in [0.29, 0.717) is 0 Å². The maximum atomic E-state index is 10.6. The second-order valence-corrected chi connectivity index (χ2v) is 5.56. The molecule has 1 aromatic heterocycles. The molecule has 0 radical (unpaired) electrons. The van der Waals surface area contributed by atoms with Crippen molar-refractivity contribution in [2.24, 2.45) is 0 Å². The minimum Gasteiger partial charge on any atom is -0.465 e. The Morgan fingerprint density at radius 2 is 2.37 bits per heavy atom. The summed E-state index contributed by atoms with van der Waals surface area (Å²) in [4.78, 5) is 20.2. The first-order valence-electron chi connectivity index (χ1n) is 6.07. The molecule has 5 nitrogen and oxygen atoms in total. The molecule has 1 aromatic carbocycles. The van der Waals surface area contributed by atoms with Crippen LogP contribution in [-0.4, -0.2) is 21.2 Å². The first-order valence-corrected chi connectivity index (χ1v) is 6.89. The molecule has 0 saturated heterocycles. The largest absolute Gasteiger partial charge is 0.465 e. The third-order valence-corrected chi connectivity index (χ3v) is 4.05. The number of anilines is 1. The van der Waals surface area contributed by atoms with Gasteiger partial charge in [0.05, 0.1) is 11.0 Å². The van der Waals surface area contributed by atoms with Crippen LogP contribution in [0.25, 0.3) is 11.0 Å². The van der Waals surface area contributed by atoms with Gasteiger partial charge in [-0.15, -0.1) is 0 Å². The van der Waals surface area contributed by atoms with Crippen molar-refractivity contribution in [3.8, 4) is 0 Å². The lowest BCUT2D eigenvalue weighted by atomic mass is 10.3. The number of thioether (sulfide) groups is 1. The molecular weight excluding hydrogens is 262 g/mol. The van der Waals surface area contributed by atoms with Gasteiger partial charge in [0.15, 0.2) is 0 Å². The zero-order valence-corrected chi connectivity index (χ0v) is 11.0. The van der Waals surface area contributed by atoms with Gasteiger partial charge < -0.3 is 10.1 Å². The number of rotatable bonds is 3. The van der Waals surface area contributed by atoms with E-state index < -0.39 is 6.09 Å². The monoisotopic (exact) mass is 275 g/mol. The Bertz CT molecular complexity index is 663. The highest BCUT2D eigenvalue weighted by molar-refractivity contribution is 8.03. The molecule has 0 atom stereocenters. The average Bonchev–Trinajstić information content (AvgIpc) is 2.96. The van der Waals surface area contributed by atoms with Gasteiger partial charge in [-0.1, -0.05) is 17.8 Å². The maximum Gasteiger partial charge on any atom is 0.411 e. The van der Waals surface area contributed by atoms with Gasteiger partial charge in [-0.2, -0.15) is 0 Å². The standard InChI is InChI=1S/C13H13N3O2S/c17-13(18)16-12-14-10-6-5-9(7-11(10)15-12)19-8-3-1-2-4-8/h3,5-7H,1-2,4H2,(H,17,18)(H2,14,15,16). The van der Waals surface area contributed by atoms with Crippen LogP contribution in [0.5, 0.6) is 0 Å². The minimum atomic E-state index is -1.12. The number of amides is 1. The van der Waals surface area contributed by atoms with E-state index in [9.17, 15) is 4.79 Å². The zero-order valence-electron chi connectivity index (χ0n) is 10.1. The van der Waals surface area contributed by atoms with E-state index in [1.54, 1.807) is 11.8 Å². The van der Waals surface area contributed by atoms with E-state index in [1.165, 1.54) is 17.7 Å². The number of carbonyl (C=O) groups is 1. The quantitative estimate of drug-likeness (QED) is 0.795. The minimum absolute atomic E-state index is 0.254. The summed E-state index contributed by atoms with van der Waals surface area (Å²) >= 11 is 1.77. The number of imidazole rings is 1. The fraction of sp³-hybridized carbons (Fsp3) is 0.231. The lowest BCUT2D eigenvalue weighted by Gasteiger charge is -2.01. The number of nitrogens with zero attached hydrogens (tertiary/aromatic N) is 1. The van der Waals surface area contributed by atoms with Crippen molar-refractivity contribution < 1.29 is 9.90 Å². The number of aromatic nitrogens is 2. The third-order valence-electron chi connectivity index (χ3n) is 2.93. The number of H-pyrrole nitrogens is 1. The molecule has 3 rings (SSSR count). The summed E-state index contributed by atoms with van der Waals surface area (Å²) in [7, 11) is 0. The summed E-state index contributed by atoms with van der Waals surface area (Å²) < 4.78 is 0. The van der Waals surface area contributed by atoms with Gasteiger partial charge in [0.25, 0.3) is 0 Å². The van der Waals surface area contributed by atoms with Crippen molar-refractivity contribution in [1.29, 1.82) is 0 Å². The first-order chi connectivity index (χ1) is 9.20. The summed E-state index contributed by atoms with van der Waals surface area (Å²) in [5.41, 5.74) is 1.60. The average molecular weight is 275 g/mol. The van der Waals surface area contributed by atoms with E-state index in [0.717, 1.165) is 22.3 Å². The second-order valence-electron chi connectivity index (χ2n) is 4.36. The molecule has 0 unspecified atom stereocenters. The van der Waals surface area contributed by atoms with Crippen LogP contribution in [0.15, 0.2) is 34.1 Å². The predicted octanol–water partition coefficient (Wildman–Crippen LogP) is 3.81. The van der Waals surface area contributed by atoms with Crippen LogP contribution in [0.2, 0.25) is 0 Å². The lowest BCUT2D eigenvalue weighted by molar-refractivity contribution is 0.209. The molecule has 19 heavy (non-hydrogen) atoms. The molecule has 1 aliphatic carbocycles. The van der Waals surface area contributed by atoms with Crippen LogP contribution in [0.4, 0.5) is 10.7 Å². The molecule has 1 aliphatic rings. The Morgan fingerprint density at radius 3 is 3.11 bits per heavy atom. The van der Waals surface area contributed by atoms with Gasteiger partial charge in [-0.05, 0) is 42.4 Å². The molecule has 1 amide bonds. The topological polar surface area (TPSA) is 78.0 Å². The third kappa shape index (κ3) is 2.73. The predicted molar refractivity (Wildman–Crippen MR) is 75.5 cm³/mol. The summed E-state index contributed by atoms with van der Waals surface area (Å²) in [6.45, 7) is 0. The van der Waals surface area contributed by atoms with Gasteiger partial charge in [0.2, 0.25) is 5.95 Å². The van der Waals surface area contributed by atoms with Crippen molar-refractivity contribution >= 4 is 34.8 Å². The van der Waals surface area contributed by atoms with Gasteiger partial charge in [-0.3, -0.25) is 5.32 Å². The highest BCUT2D eigenvalue weighted by Gasteiger charge is 2.09. The highest BCUT2D eigenvalue weighted by atomic mass is 32.2. The van der Waals surface area contributed by atoms with Crippen molar-refractivity contribution in [1.82, 2.24) is 9.97 Å². The lowest BCUT2D eigenvalue weighted by Crippen LogP contribution is -2.08. The molecule has 0 fully saturated rings. The molecule has 0 saturated carbocycles. The van der Waals surface area contributed by atoms with E-state index >= 15 is 0 Å². The fourth-order valence-corrected chi connectivity index (χ4v) is 3.16. The van der Waals surface area contributed by atoms with Crippen LogP contribution in [0, 0.1) is 0 Å². The number of hydrogen-bond acceptors (Lipinski definition) is 3. The maximum absolute atomic E-state index is 10.6. The molecular formula is C13H13N3O2S. The summed E-state index contributed by atoms with van der Waals surface area (Å²) in [5, 5.41) is 10.9. The molecule has 6 heteroatoms. The van der Waals surface area contributed by atoms with Gasteiger partial charge >= 0.3 is 6.09 Å². The van der Waals surface area contributed by atoms with Crippen LogP contribution < -0.4 is 5.32 Å². The normalized spacial score (nSPS) is 14.6. The summed E-state index contributed by atoms with van der Waals surface area (Å²) in [6.07, 6.45) is 4.71. The SMILES string of the molecule is O=C(O)Nc1nc2ccc(SC3=CCCC3)cc2[nH]1. The summed E-state index contributed by atoms with van der Waals surface area (Å²) in [5.74, 6) is 0.254. The Labute approximate surface area is 114 Å². The smallest absolute Gasteiger partial charge is 0.411 e. The van der Waals surface area contributed by atoms with E-state index in [2.05, 4.69) is 21.4 Å². The van der Waals surface area contributed by atoms with Crippen LogP contribution in [0.1, 0.15) is 19.3 Å². The van der Waals surface area contributed by atoms with Crippen LogP contribution in [-0.2, 0) is 0 Å². The molecule has 0 spiro atoms. The number of hydrogen-bond donors (Lipinski definition) is 3. The Balaban J connectivity index is 1.85. The molecule has 0 bridgehead atoms. The van der Waals surface area contributed by atoms with Crippen molar-refractivity contribution in [2.75, 3.05) is 5.32 Å². The molecule has 3 N–H and O–H groups in total. The number of benzene rings is 1. The summed E-state index contributed by atoms with van der Waals surface area (Å²) in [6, 6.07) is 5.91. The molecule has 0 aliphatic heterocycles. The highest BCUT2D eigenvalue weighted by Crippen LogP contribution is 2.35.